The van der Waals surface area contributed by atoms with E-state index in [2.05, 4.69) is 16.2 Å². The van der Waals surface area contributed by atoms with Crippen LogP contribution in [0.1, 0.15) is 19.8 Å². The van der Waals surface area contributed by atoms with Gasteiger partial charge in [-0.25, -0.2) is 0 Å². The smallest absolute Gasteiger partial charge is 0.197 e. The van der Waals surface area contributed by atoms with Gasteiger partial charge < -0.3 is 15.4 Å². The number of hydrogen-bond acceptors (Lipinski definition) is 5. The molecule has 0 saturated heterocycles. The van der Waals surface area contributed by atoms with E-state index >= 15 is 0 Å². The second kappa shape index (κ2) is 4.26. The van der Waals surface area contributed by atoms with Gasteiger partial charge in [-0.15, -0.1) is 0 Å². The molecule has 1 aromatic heterocycles. The average molecular weight is 227 g/mol. The first-order chi connectivity index (χ1) is 7.26. The molecule has 1 saturated carbocycles. The van der Waals surface area contributed by atoms with Gasteiger partial charge in [0.05, 0.1) is 7.11 Å². The Morgan fingerprint density at radius 1 is 1.60 bits per heavy atom. The van der Waals surface area contributed by atoms with Gasteiger partial charge in [-0.05, 0) is 37.2 Å². The summed E-state index contributed by atoms with van der Waals surface area (Å²) in [5, 5.41) is 1.07. The zero-order valence-electron chi connectivity index (χ0n) is 9.19. The quantitative estimate of drug-likeness (QED) is 0.835. The van der Waals surface area contributed by atoms with Crippen molar-refractivity contribution < 1.29 is 4.74 Å². The van der Waals surface area contributed by atoms with Crippen LogP contribution < -0.4 is 15.4 Å². The molecule has 2 rings (SSSR count). The van der Waals surface area contributed by atoms with Crippen molar-refractivity contribution in [2.75, 3.05) is 30.8 Å². The van der Waals surface area contributed by atoms with Crippen molar-refractivity contribution in [1.29, 1.82) is 0 Å². The summed E-state index contributed by atoms with van der Waals surface area (Å²) in [6.07, 6.45) is 2.71. The molecule has 4 nitrogen and oxygen atoms in total. The van der Waals surface area contributed by atoms with Crippen molar-refractivity contribution >= 4 is 22.4 Å². The molecule has 0 aliphatic heterocycles. The molecule has 5 heteroatoms. The monoisotopic (exact) mass is 227 g/mol. The molecule has 84 valence electrons. The van der Waals surface area contributed by atoms with E-state index in [-0.39, 0.29) is 0 Å². The summed E-state index contributed by atoms with van der Waals surface area (Å²) in [6, 6.07) is 0. The van der Waals surface area contributed by atoms with Gasteiger partial charge in [0.15, 0.2) is 16.6 Å². The molecule has 0 radical (unpaired) electrons. The minimum atomic E-state index is 0.506. The van der Waals surface area contributed by atoms with Crippen LogP contribution >= 0.6 is 11.5 Å². The largest absolute Gasteiger partial charge is 0.490 e. The van der Waals surface area contributed by atoms with Gasteiger partial charge in [0.2, 0.25) is 0 Å². The first kappa shape index (κ1) is 10.5. The molecule has 1 aliphatic carbocycles. The summed E-state index contributed by atoms with van der Waals surface area (Å²) in [5.74, 6) is 2.10. The standard InChI is InChI=1S/C10H17N3OS/c1-3-13(6-7-4-5-7)10-8(14-2)9(11)12-15-10/h7H,3-6H2,1-2H3,(H2,11,12). The lowest BCUT2D eigenvalue weighted by molar-refractivity contribution is 0.417. The summed E-state index contributed by atoms with van der Waals surface area (Å²) < 4.78 is 9.42. The van der Waals surface area contributed by atoms with E-state index in [9.17, 15) is 0 Å². The molecule has 0 spiro atoms. The highest BCUT2D eigenvalue weighted by molar-refractivity contribution is 7.11. The highest BCUT2D eigenvalue weighted by atomic mass is 32.1. The van der Waals surface area contributed by atoms with Crippen LogP contribution in [0.4, 0.5) is 10.8 Å². The zero-order chi connectivity index (χ0) is 10.8. The lowest BCUT2D eigenvalue weighted by atomic mass is 10.3. The van der Waals surface area contributed by atoms with E-state index < -0.39 is 0 Å². The fraction of sp³-hybridized carbons (Fsp3) is 0.700. The molecule has 1 fully saturated rings. The Kier molecular flexibility index (Phi) is 3.00. The molecule has 1 aliphatic rings. The van der Waals surface area contributed by atoms with E-state index in [1.54, 1.807) is 7.11 Å². The number of nitrogen functional groups attached to an aromatic ring is 1. The Morgan fingerprint density at radius 3 is 2.87 bits per heavy atom. The minimum Gasteiger partial charge on any atom is -0.490 e. The van der Waals surface area contributed by atoms with Crippen LogP contribution in [0.25, 0.3) is 0 Å². The van der Waals surface area contributed by atoms with Crippen molar-refractivity contribution in [1.82, 2.24) is 4.37 Å². The third-order valence-corrected chi connectivity index (χ3v) is 3.61. The SMILES string of the molecule is CCN(CC1CC1)c1snc(N)c1OC. The third-order valence-electron chi connectivity index (χ3n) is 2.71. The molecule has 15 heavy (non-hydrogen) atoms. The number of hydrogen-bond donors (Lipinski definition) is 1. The summed E-state index contributed by atoms with van der Waals surface area (Å²) in [4.78, 5) is 2.31. The van der Waals surface area contributed by atoms with Gasteiger partial charge in [0, 0.05) is 13.1 Å². The first-order valence-corrected chi connectivity index (χ1v) is 6.07. The number of nitrogens with two attached hydrogens (primary N) is 1. The Bertz CT molecular complexity index is 335. The minimum absolute atomic E-state index is 0.506. The molecule has 0 bridgehead atoms. The van der Waals surface area contributed by atoms with Crippen LogP contribution in [0.3, 0.4) is 0 Å². The van der Waals surface area contributed by atoms with Crippen molar-refractivity contribution in [2.24, 2.45) is 5.92 Å². The predicted molar refractivity (Wildman–Crippen MR) is 63.7 cm³/mol. The number of anilines is 2. The Balaban J connectivity index is 2.16. The van der Waals surface area contributed by atoms with Gasteiger partial charge in [-0.2, -0.15) is 4.37 Å². The van der Waals surface area contributed by atoms with E-state index in [0.717, 1.165) is 29.8 Å². The molecule has 1 aromatic rings. The van der Waals surface area contributed by atoms with Crippen molar-refractivity contribution in [3.63, 3.8) is 0 Å². The molecule has 1 heterocycles. The van der Waals surface area contributed by atoms with Crippen LogP contribution in [-0.2, 0) is 0 Å². The van der Waals surface area contributed by atoms with E-state index in [0.29, 0.717) is 5.82 Å². The lowest BCUT2D eigenvalue weighted by Crippen LogP contribution is -2.24. The van der Waals surface area contributed by atoms with Crippen molar-refractivity contribution in [3.05, 3.63) is 0 Å². The van der Waals surface area contributed by atoms with Gasteiger partial charge in [0.25, 0.3) is 0 Å². The normalized spacial score (nSPS) is 15.3. The Morgan fingerprint density at radius 2 is 2.33 bits per heavy atom. The topological polar surface area (TPSA) is 51.4 Å². The summed E-state index contributed by atoms with van der Waals surface area (Å²) in [6.45, 7) is 4.24. The third kappa shape index (κ3) is 2.17. The number of methoxy groups -OCH3 is 1. The number of ether oxygens (including phenoxy) is 1. The van der Waals surface area contributed by atoms with Crippen LogP contribution in [0.5, 0.6) is 5.75 Å². The maximum absolute atomic E-state index is 5.74. The predicted octanol–water partition coefficient (Wildman–Crippen LogP) is 1.97. The lowest BCUT2D eigenvalue weighted by Gasteiger charge is -2.21. The number of aromatic nitrogens is 1. The summed E-state index contributed by atoms with van der Waals surface area (Å²) in [5.41, 5.74) is 5.74. The number of nitrogens with zero attached hydrogens (tertiary/aromatic N) is 2. The maximum Gasteiger partial charge on any atom is 0.197 e. The second-order valence-electron chi connectivity index (χ2n) is 3.89. The summed E-state index contributed by atoms with van der Waals surface area (Å²) in [7, 11) is 1.65. The van der Waals surface area contributed by atoms with E-state index in [1.165, 1.54) is 24.4 Å². The van der Waals surface area contributed by atoms with Crippen molar-refractivity contribution in [2.45, 2.75) is 19.8 Å². The molecular formula is C10H17N3OS. The second-order valence-corrected chi connectivity index (χ2v) is 4.64. The highest BCUT2D eigenvalue weighted by Crippen LogP contribution is 2.40. The molecule has 0 amide bonds. The fourth-order valence-corrected chi connectivity index (χ4v) is 2.50. The van der Waals surface area contributed by atoms with Crippen LogP contribution in [0.2, 0.25) is 0 Å². The van der Waals surface area contributed by atoms with Crippen molar-refractivity contribution in [3.8, 4) is 5.75 Å². The Labute approximate surface area is 94.2 Å². The molecule has 2 N–H and O–H groups in total. The molecule has 0 atom stereocenters. The van der Waals surface area contributed by atoms with Gasteiger partial charge in [-0.3, -0.25) is 0 Å². The number of rotatable bonds is 5. The van der Waals surface area contributed by atoms with Crippen LogP contribution in [0, 0.1) is 5.92 Å². The fourth-order valence-electron chi connectivity index (χ4n) is 1.65. The first-order valence-electron chi connectivity index (χ1n) is 5.30. The average Bonchev–Trinajstić information content (AvgIpc) is 2.98. The Hall–Kier alpha value is -0.970. The molecular weight excluding hydrogens is 210 g/mol. The molecule has 0 aromatic carbocycles. The zero-order valence-corrected chi connectivity index (χ0v) is 10.0. The maximum atomic E-state index is 5.74. The molecule has 0 unspecified atom stereocenters. The van der Waals surface area contributed by atoms with Crippen LogP contribution in [-0.4, -0.2) is 24.6 Å². The van der Waals surface area contributed by atoms with Gasteiger partial charge in [0.1, 0.15) is 0 Å². The van der Waals surface area contributed by atoms with Crippen LogP contribution in [0.15, 0.2) is 0 Å². The van der Waals surface area contributed by atoms with E-state index in [1.807, 2.05) is 0 Å². The van der Waals surface area contributed by atoms with Gasteiger partial charge in [-0.1, -0.05) is 0 Å². The van der Waals surface area contributed by atoms with Gasteiger partial charge >= 0.3 is 0 Å². The highest BCUT2D eigenvalue weighted by Gasteiger charge is 2.26. The summed E-state index contributed by atoms with van der Waals surface area (Å²) >= 11 is 1.43. The van der Waals surface area contributed by atoms with E-state index in [4.69, 9.17) is 10.5 Å².